The molecule has 0 radical (unpaired) electrons. The lowest BCUT2D eigenvalue weighted by Gasteiger charge is -2.27. The van der Waals surface area contributed by atoms with Crippen molar-refractivity contribution in [3.63, 3.8) is 0 Å². The number of aromatic hydroxyl groups is 1. The van der Waals surface area contributed by atoms with Crippen molar-refractivity contribution >= 4 is 23.3 Å². The van der Waals surface area contributed by atoms with Gasteiger partial charge in [0.25, 0.3) is 5.56 Å². The molecule has 1 aromatic heterocycles. The van der Waals surface area contributed by atoms with Crippen LogP contribution in [0.15, 0.2) is 29.1 Å². The normalized spacial score (nSPS) is 21.9. The molecule has 2 aromatic rings. The fourth-order valence-electron chi connectivity index (χ4n) is 4.35. The second-order valence-corrected chi connectivity index (χ2v) is 9.10. The second-order valence-electron chi connectivity index (χ2n) is 8.72. The number of aryl methyl sites for hydroxylation is 1. The minimum atomic E-state index is -0.767. The van der Waals surface area contributed by atoms with Gasteiger partial charge in [0, 0.05) is 13.5 Å². The van der Waals surface area contributed by atoms with E-state index >= 15 is 0 Å². The van der Waals surface area contributed by atoms with Crippen LogP contribution in [0.3, 0.4) is 0 Å². The first-order chi connectivity index (χ1) is 17.2. The number of rotatable bonds is 1. The van der Waals surface area contributed by atoms with E-state index in [-0.39, 0.29) is 60.9 Å². The van der Waals surface area contributed by atoms with E-state index in [4.69, 9.17) is 21.1 Å². The van der Waals surface area contributed by atoms with Gasteiger partial charge in [0.2, 0.25) is 11.7 Å². The summed E-state index contributed by atoms with van der Waals surface area (Å²) in [6, 6.07) is 1.47. The lowest BCUT2D eigenvalue weighted by atomic mass is 10.0. The van der Waals surface area contributed by atoms with E-state index in [1.54, 1.807) is 13.1 Å². The quantitative estimate of drug-likeness (QED) is 0.615. The van der Waals surface area contributed by atoms with Crippen molar-refractivity contribution in [3.05, 3.63) is 62.6 Å². The largest absolute Gasteiger partial charge is 0.501 e. The number of nitrogens with zero attached hydrogens (tertiary/aromatic N) is 3. The molecule has 1 amide bonds. The summed E-state index contributed by atoms with van der Waals surface area (Å²) in [6.45, 7) is 2.25. The summed E-state index contributed by atoms with van der Waals surface area (Å²) >= 11 is 6.12. The fraction of sp³-hybridized carbons (Fsp3) is 0.440. The molecule has 2 atom stereocenters. The molecule has 3 heterocycles. The molecule has 2 bridgehead atoms. The van der Waals surface area contributed by atoms with Crippen LogP contribution in [0.1, 0.15) is 60.1 Å². The first kappa shape index (κ1) is 25.8. The zero-order chi connectivity index (χ0) is 26.0. The minimum Gasteiger partial charge on any atom is -0.501 e. The number of fused-ring (bicyclic) bond motifs is 2. The predicted molar refractivity (Wildman–Crippen MR) is 129 cm³/mol. The molecule has 9 nitrogen and oxygen atoms in total. The number of halogens is 2. The minimum absolute atomic E-state index is 0.0674. The highest BCUT2D eigenvalue weighted by Crippen LogP contribution is 2.33. The van der Waals surface area contributed by atoms with E-state index in [9.17, 15) is 23.9 Å². The van der Waals surface area contributed by atoms with Crippen molar-refractivity contribution in [2.24, 2.45) is 0 Å². The van der Waals surface area contributed by atoms with Crippen molar-refractivity contribution in [2.75, 3.05) is 26.9 Å². The highest BCUT2D eigenvalue weighted by atomic mass is 35.5. The molecule has 0 spiro atoms. The number of carbonyl (C=O) groups is 2. The smallest absolute Gasteiger partial charge is 0.296 e. The number of hydrogen-bond acceptors (Lipinski definition) is 7. The number of benzene rings is 1. The molecule has 36 heavy (non-hydrogen) atoms. The summed E-state index contributed by atoms with van der Waals surface area (Å²) < 4.78 is 26.9. The first-order valence-corrected chi connectivity index (χ1v) is 12.1. The van der Waals surface area contributed by atoms with Crippen molar-refractivity contribution in [1.29, 1.82) is 0 Å². The van der Waals surface area contributed by atoms with Crippen molar-refractivity contribution < 1.29 is 28.6 Å². The maximum absolute atomic E-state index is 14.1. The van der Waals surface area contributed by atoms with Gasteiger partial charge in [0.1, 0.15) is 28.5 Å². The van der Waals surface area contributed by atoms with Gasteiger partial charge in [-0.05, 0) is 37.0 Å². The number of likely N-dealkylation sites (N-methyl/N-ethyl adjacent to an activating group) is 1. The summed E-state index contributed by atoms with van der Waals surface area (Å²) in [5, 5.41) is 10.5. The zero-order valence-corrected chi connectivity index (χ0v) is 20.8. The molecule has 0 fully saturated rings. The van der Waals surface area contributed by atoms with E-state index in [2.05, 4.69) is 4.98 Å². The van der Waals surface area contributed by atoms with Gasteiger partial charge < -0.3 is 19.5 Å². The molecule has 2 aliphatic rings. The van der Waals surface area contributed by atoms with E-state index < -0.39 is 35.0 Å². The summed E-state index contributed by atoms with van der Waals surface area (Å²) in [4.78, 5) is 45.2. The van der Waals surface area contributed by atoms with Crippen molar-refractivity contribution in [3.8, 4) is 11.5 Å². The van der Waals surface area contributed by atoms with Gasteiger partial charge in [-0.1, -0.05) is 30.7 Å². The van der Waals surface area contributed by atoms with Gasteiger partial charge in [0.05, 0.1) is 25.9 Å². The third-order valence-corrected chi connectivity index (χ3v) is 6.81. The molecule has 192 valence electrons. The van der Waals surface area contributed by atoms with Crippen LogP contribution in [-0.4, -0.2) is 58.1 Å². The lowest BCUT2D eigenvalue weighted by molar-refractivity contribution is -0.128. The van der Waals surface area contributed by atoms with Gasteiger partial charge in [0.15, 0.2) is 11.5 Å². The van der Waals surface area contributed by atoms with Crippen LogP contribution >= 0.6 is 11.6 Å². The Bertz CT molecular complexity index is 1280. The Morgan fingerprint density at radius 3 is 2.75 bits per heavy atom. The maximum Gasteiger partial charge on any atom is 0.296 e. The molecule has 4 rings (SSSR count). The average molecular weight is 520 g/mol. The summed E-state index contributed by atoms with van der Waals surface area (Å²) in [7, 11) is 1.55. The summed E-state index contributed by atoms with van der Waals surface area (Å²) in [5.74, 6) is -2.10. The van der Waals surface area contributed by atoms with E-state index in [0.29, 0.717) is 18.4 Å². The molecule has 1 unspecified atom stereocenters. The fourth-order valence-corrected chi connectivity index (χ4v) is 4.59. The molecular weight excluding hydrogens is 493 g/mol. The lowest BCUT2D eigenvalue weighted by Crippen LogP contribution is -2.38. The molecule has 1 N–H and O–H groups in total. The van der Waals surface area contributed by atoms with Gasteiger partial charge in [-0.25, -0.2) is 9.37 Å². The zero-order valence-electron chi connectivity index (χ0n) is 20.0. The third kappa shape index (κ3) is 4.87. The van der Waals surface area contributed by atoms with E-state index in [1.807, 2.05) is 6.92 Å². The molecule has 0 saturated heterocycles. The SMILES string of the molecule is CC[C@H]1COCC2c3nc(c(O)c(=O)n31)C(=O)CCc1ccc(F)c(Cl)c1OCC/C=C/C(=O)N2C. The molecule has 0 aliphatic carbocycles. The molecule has 2 aliphatic heterocycles. The topological polar surface area (TPSA) is 111 Å². The van der Waals surface area contributed by atoms with Crippen molar-refractivity contribution in [1.82, 2.24) is 14.5 Å². The van der Waals surface area contributed by atoms with Crippen LogP contribution in [0.4, 0.5) is 4.39 Å². The van der Waals surface area contributed by atoms with Crippen LogP contribution in [0.2, 0.25) is 5.02 Å². The Labute approximate surface area is 212 Å². The highest BCUT2D eigenvalue weighted by molar-refractivity contribution is 6.32. The first-order valence-electron chi connectivity index (χ1n) is 11.7. The van der Waals surface area contributed by atoms with Gasteiger partial charge in [-0.2, -0.15) is 0 Å². The highest BCUT2D eigenvalue weighted by Gasteiger charge is 2.34. The van der Waals surface area contributed by atoms with Crippen LogP contribution in [0, 0.1) is 5.82 Å². The number of carbonyl (C=O) groups excluding carboxylic acids is 2. The Morgan fingerprint density at radius 2 is 2.00 bits per heavy atom. The van der Waals surface area contributed by atoms with Crippen molar-refractivity contribution in [2.45, 2.75) is 44.7 Å². The van der Waals surface area contributed by atoms with Crippen LogP contribution in [0.25, 0.3) is 0 Å². The molecular formula is C25H27ClFN3O6. The Hall–Kier alpha value is -3.24. The number of Topliss-reactive ketones (excluding diaryl/α,β-unsaturated/α-hetero) is 1. The molecule has 0 saturated carbocycles. The maximum atomic E-state index is 14.1. The van der Waals surface area contributed by atoms with E-state index in [1.165, 1.54) is 27.7 Å². The third-order valence-electron chi connectivity index (χ3n) is 6.46. The number of amides is 1. The Balaban J connectivity index is 1.85. The monoisotopic (exact) mass is 519 g/mol. The van der Waals surface area contributed by atoms with Crippen LogP contribution in [-0.2, 0) is 16.0 Å². The van der Waals surface area contributed by atoms with Gasteiger partial charge in [-0.3, -0.25) is 19.0 Å². The van der Waals surface area contributed by atoms with Gasteiger partial charge >= 0.3 is 0 Å². The summed E-state index contributed by atoms with van der Waals surface area (Å²) in [6.07, 6.45) is 3.81. The standard InChI is InChI=1S/C25H27ClFN3O6/c1-3-15-12-35-13-17-24-28-21(22(33)25(34)30(15)24)18(31)10-8-14-7-9-16(27)20(26)23(14)36-11-5-4-6-19(32)29(17)2/h4,6-7,9,15,17,33H,3,5,8,10-13H2,1-2H3/b6-4+/t15-,17?/m0/s1. The number of ether oxygens (including phenoxy) is 2. The van der Waals surface area contributed by atoms with Gasteiger partial charge in [-0.15, -0.1) is 0 Å². The number of hydrogen-bond donors (Lipinski definition) is 1. The number of aromatic nitrogens is 2. The average Bonchev–Trinajstić information content (AvgIpc) is 3.05. The number of ketones is 1. The Kier molecular flexibility index (Phi) is 7.75. The molecule has 1 aromatic carbocycles. The second kappa shape index (κ2) is 10.8. The summed E-state index contributed by atoms with van der Waals surface area (Å²) in [5.41, 5.74) is -0.658. The van der Waals surface area contributed by atoms with E-state index in [0.717, 1.165) is 0 Å². The molecule has 11 heteroatoms. The van der Waals surface area contributed by atoms with Crippen LogP contribution in [0.5, 0.6) is 11.5 Å². The Morgan fingerprint density at radius 1 is 1.22 bits per heavy atom. The van der Waals surface area contributed by atoms with Crippen LogP contribution < -0.4 is 10.3 Å². The predicted octanol–water partition coefficient (Wildman–Crippen LogP) is 3.38.